The first-order chi connectivity index (χ1) is 10.6. The van der Waals surface area contributed by atoms with E-state index in [0.29, 0.717) is 11.3 Å². The molecule has 0 saturated carbocycles. The number of aryl methyl sites for hydroxylation is 1. The second-order valence-corrected chi connectivity index (χ2v) is 5.34. The monoisotopic (exact) mass is 350 g/mol. The highest BCUT2D eigenvalue weighted by Gasteiger charge is 2.27. The van der Waals surface area contributed by atoms with E-state index in [1.807, 2.05) is 18.9 Å². The lowest BCUT2D eigenvalue weighted by Crippen LogP contribution is -2.15. The Morgan fingerprint density at radius 2 is 2.09 bits per heavy atom. The van der Waals surface area contributed by atoms with Crippen LogP contribution in [0.4, 0.5) is 18.9 Å². The van der Waals surface area contributed by atoms with Crippen LogP contribution in [0.1, 0.15) is 29.3 Å². The summed E-state index contributed by atoms with van der Waals surface area (Å²) in [5.74, 6) is -0.886. The normalized spacial score (nSPS) is 11.8. The van der Waals surface area contributed by atoms with E-state index in [2.05, 4.69) is 9.73 Å². The van der Waals surface area contributed by atoms with Crippen molar-refractivity contribution in [2.24, 2.45) is 4.99 Å². The Morgan fingerprint density at radius 3 is 2.65 bits per heavy atom. The molecule has 0 unspecified atom stereocenters. The van der Waals surface area contributed by atoms with E-state index in [4.69, 9.17) is 11.6 Å². The summed E-state index contributed by atoms with van der Waals surface area (Å²) in [5, 5.41) is 0.0823. The second kappa shape index (κ2) is 8.19. The van der Waals surface area contributed by atoms with Crippen LogP contribution in [0, 0.1) is 6.92 Å². The molecule has 0 atom stereocenters. The third kappa shape index (κ3) is 6.48. The van der Waals surface area contributed by atoms with Gasteiger partial charge in [-0.3, -0.25) is 0 Å². The van der Waals surface area contributed by atoms with Crippen LogP contribution in [0.5, 0.6) is 0 Å². The topological polar surface area (TPSA) is 41.9 Å². The Hall–Kier alpha value is -1.76. The van der Waals surface area contributed by atoms with Crippen LogP contribution >= 0.6 is 11.6 Å². The minimum Gasteiger partial charge on any atom is -0.462 e. The van der Waals surface area contributed by atoms with Crippen molar-refractivity contribution in [3.8, 4) is 0 Å². The summed E-state index contributed by atoms with van der Waals surface area (Å²) in [6, 6.07) is 2.94. The summed E-state index contributed by atoms with van der Waals surface area (Å²) in [6.45, 7) is 3.73. The first-order valence-corrected chi connectivity index (χ1v) is 7.30. The van der Waals surface area contributed by atoms with Gasteiger partial charge in [-0.2, -0.15) is 13.2 Å². The van der Waals surface area contributed by atoms with E-state index in [9.17, 15) is 18.0 Å². The van der Waals surface area contributed by atoms with Crippen molar-refractivity contribution in [2.75, 3.05) is 20.2 Å². The molecule has 128 valence electrons. The summed E-state index contributed by atoms with van der Waals surface area (Å²) < 4.78 is 40.7. The number of nitrogens with zero attached hydrogens (tertiary/aromatic N) is 2. The molecule has 0 heterocycles. The van der Waals surface area contributed by atoms with Gasteiger partial charge in [0.05, 0.1) is 29.0 Å². The molecule has 4 nitrogen and oxygen atoms in total. The number of rotatable bonds is 6. The average molecular weight is 351 g/mol. The molecule has 0 amide bonds. The predicted octanol–water partition coefficient (Wildman–Crippen LogP) is 4.37. The van der Waals surface area contributed by atoms with Crippen LogP contribution < -0.4 is 0 Å². The molecular weight excluding hydrogens is 333 g/mol. The number of carbonyl (C=O) groups is 1. The third-order valence-electron chi connectivity index (χ3n) is 3.02. The van der Waals surface area contributed by atoms with Crippen LogP contribution in [0.2, 0.25) is 5.02 Å². The van der Waals surface area contributed by atoms with Gasteiger partial charge in [-0.15, -0.1) is 0 Å². The molecular formula is C15H18ClF3N2O2. The van der Waals surface area contributed by atoms with Gasteiger partial charge in [0.25, 0.3) is 0 Å². The zero-order valence-electron chi connectivity index (χ0n) is 13.1. The van der Waals surface area contributed by atoms with Gasteiger partial charge in [0.2, 0.25) is 0 Å². The van der Waals surface area contributed by atoms with Crippen LogP contribution in [-0.2, 0) is 4.74 Å². The first kappa shape index (κ1) is 19.3. The minimum atomic E-state index is -4.37. The Kier molecular flexibility index (Phi) is 6.87. The lowest BCUT2D eigenvalue weighted by Gasteiger charge is -2.11. The maximum absolute atomic E-state index is 12.0. The number of ether oxygens (including phenoxy) is 1. The fraction of sp³-hybridized carbons (Fsp3) is 0.467. The van der Waals surface area contributed by atoms with Crippen molar-refractivity contribution in [3.05, 3.63) is 28.3 Å². The Bertz CT molecular complexity index is 589. The van der Waals surface area contributed by atoms with Crippen LogP contribution in [-0.4, -0.2) is 43.6 Å². The molecule has 0 aliphatic rings. The molecule has 1 aromatic rings. The van der Waals surface area contributed by atoms with Gasteiger partial charge < -0.3 is 9.64 Å². The third-order valence-corrected chi connectivity index (χ3v) is 3.33. The molecule has 1 rings (SSSR count). The van der Waals surface area contributed by atoms with Crippen molar-refractivity contribution in [1.82, 2.24) is 4.90 Å². The predicted molar refractivity (Wildman–Crippen MR) is 83.6 cm³/mol. The highest BCUT2D eigenvalue weighted by atomic mass is 35.5. The molecule has 23 heavy (non-hydrogen) atoms. The van der Waals surface area contributed by atoms with Crippen LogP contribution in [0.3, 0.4) is 0 Å². The highest BCUT2D eigenvalue weighted by molar-refractivity contribution is 6.33. The number of hydrogen-bond donors (Lipinski definition) is 0. The zero-order chi connectivity index (χ0) is 17.6. The first-order valence-electron chi connectivity index (χ1n) is 6.92. The maximum Gasteiger partial charge on any atom is 0.392 e. The van der Waals surface area contributed by atoms with Crippen molar-refractivity contribution >= 4 is 29.6 Å². The van der Waals surface area contributed by atoms with Crippen molar-refractivity contribution < 1.29 is 22.7 Å². The van der Waals surface area contributed by atoms with E-state index in [1.165, 1.54) is 12.1 Å². The van der Waals surface area contributed by atoms with Gasteiger partial charge in [0.15, 0.2) is 0 Å². The van der Waals surface area contributed by atoms with Crippen molar-refractivity contribution in [2.45, 2.75) is 26.4 Å². The number of esters is 1. The van der Waals surface area contributed by atoms with Gasteiger partial charge in [-0.25, -0.2) is 9.79 Å². The average Bonchev–Trinajstić information content (AvgIpc) is 2.45. The smallest absolute Gasteiger partial charge is 0.392 e. The number of hydrogen-bond acceptors (Lipinski definition) is 3. The van der Waals surface area contributed by atoms with E-state index in [1.54, 1.807) is 13.3 Å². The Balaban J connectivity index is 2.83. The van der Waals surface area contributed by atoms with Gasteiger partial charge in [-0.1, -0.05) is 11.6 Å². The molecule has 1 aromatic carbocycles. The fourth-order valence-corrected chi connectivity index (χ4v) is 1.78. The molecule has 0 radical (unpaired) electrons. The Labute approximate surface area is 137 Å². The summed E-state index contributed by atoms with van der Waals surface area (Å²) in [5.41, 5.74) is 1.26. The zero-order valence-corrected chi connectivity index (χ0v) is 13.8. The summed E-state index contributed by atoms with van der Waals surface area (Å²) >= 11 is 6.00. The molecule has 0 aliphatic carbocycles. The highest BCUT2D eigenvalue weighted by Crippen LogP contribution is 2.28. The van der Waals surface area contributed by atoms with E-state index < -0.39 is 25.2 Å². The second-order valence-electron chi connectivity index (χ2n) is 4.94. The summed E-state index contributed by atoms with van der Waals surface area (Å²) in [6.07, 6.45) is -3.94. The van der Waals surface area contributed by atoms with E-state index >= 15 is 0 Å². The largest absolute Gasteiger partial charge is 0.462 e. The minimum absolute atomic E-state index is 0.0223. The summed E-state index contributed by atoms with van der Waals surface area (Å²) in [4.78, 5) is 17.9. The molecule has 0 fully saturated rings. The van der Waals surface area contributed by atoms with Crippen LogP contribution in [0.25, 0.3) is 0 Å². The fourth-order valence-electron chi connectivity index (χ4n) is 1.55. The lowest BCUT2D eigenvalue weighted by molar-refractivity contribution is -0.141. The van der Waals surface area contributed by atoms with Crippen molar-refractivity contribution in [3.63, 3.8) is 0 Å². The molecule has 0 aliphatic heterocycles. The lowest BCUT2D eigenvalue weighted by atomic mass is 10.1. The van der Waals surface area contributed by atoms with Crippen molar-refractivity contribution in [1.29, 1.82) is 0 Å². The maximum atomic E-state index is 12.0. The molecule has 0 spiro atoms. The SMILES string of the molecule is CCN(C)/C=N/c1cc(Cl)c(C(=O)OCCC(F)(F)F)cc1C. The van der Waals surface area contributed by atoms with E-state index in [-0.39, 0.29) is 10.6 Å². The number of carbonyl (C=O) groups excluding carboxylic acids is 1. The van der Waals surface area contributed by atoms with E-state index in [0.717, 1.165) is 6.54 Å². The standard InChI is InChI=1S/C15H18ClF3N2O2/c1-4-21(3)9-20-13-8-12(16)11(7-10(13)2)14(22)23-6-5-15(17,18)19/h7-9H,4-6H2,1-3H3/b20-9+. The molecule has 0 saturated heterocycles. The number of halogens is 4. The number of aliphatic imine (C=N–C) groups is 1. The quantitative estimate of drug-likeness (QED) is 0.434. The van der Waals surface area contributed by atoms with Gasteiger partial charge in [-0.05, 0) is 31.5 Å². The number of benzene rings is 1. The van der Waals surface area contributed by atoms with Gasteiger partial charge in [0.1, 0.15) is 6.61 Å². The summed E-state index contributed by atoms with van der Waals surface area (Å²) in [7, 11) is 1.85. The molecule has 8 heteroatoms. The van der Waals surface area contributed by atoms with Gasteiger partial charge in [0, 0.05) is 13.6 Å². The molecule has 0 bridgehead atoms. The molecule has 0 N–H and O–H groups in total. The van der Waals surface area contributed by atoms with Crippen LogP contribution in [0.15, 0.2) is 17.1 Å². The molecule has 0 aromatic heterocycles. The Morgan fingerprint density at radius 1 is 1.43 bits per heavy atom. The van der Waals surface area contributed by atoms with Gasteiger partial charge >= 0.3 is 12.1 Å². The number of alkyl halides is 3.